The Morgan fingerprint density at radius 1 is 1.06 bits per heavy atom. The van der Waals surface area contributed by atoms with Gasteiger partial charge in [0.05, 0.1) is 6.10 Å². The zero-order valence-electron chi connectivity index (χ0n) is 10.6. The number of hydrogen-bond donors (Lipinski definition) is 2. The molecular weight excluding hydrogens is 198 g/mol. The van der Waals surface area contributed by atoms with Gasteiger partial charge in [0.25, 0.3) is 0 Å². The molecule has 2 aliphatic carbocycles. The van der Waals surface area contributed by atoms with Gasteiger partial charge < -0.3 is 10.4 Å². The van der Waals surface area contributed by atoms with Gasteiger partial charge in [0.15, 0.2) is 0 Å². The molecule has 16 heavy (non-hydrogen) atoms. The van der Waals surface area contributed by atoms with Crippen molar-refractivity contribution in [2.75, 3.05) is 6.54 Å². The molecule has 94 valence electrons. The van der Waals surface area contributed by atoms with Crippen LogP contribution in [0, 0.1) is 11.8 Å². The highest BCUT2D eigenvalue weighted by Gasteiger charge is 2.24. The Kier molecular flexibility index (Phi) is 4.66. The Bertz CT molecular complexity index is 207. The van der Waals surface area contributed by atoms with Crippen molar-refractivity contribution in [3.63, 3.8) is 0 Å². The van der Waals surface area contributed by atoms with Gasteiger partial charge in [0.1, 0.15) is 0 Å². The van der Waals surface area contributed by atoms with Crippen molar-refractivity contribution in [1.82, 2.24) is 5.32 Å². The topological polar surface area (TPSA) is 32.3 Å². The van der Waals surface area contributed by atoms with Crippen molar-refractivity contribution >= 4 is 0 Å². The lowest BCUT2D eigenvalue weighted by Crippen LogP contribution is -2.44. The fourth-order valence-electron chi connectivity index (χ4n) is 3.41. The Morgan fingerprint density at radius 3 is 2.62 bits per heavy atom. The van der Waals surface area contributed by atoms with Crippen LogP contribution in [-0.4, -0.2) is 23.8 Å². The first-order valence-electron chi connectivity index (χ1n) is 7.17. The molecule has 2 N–H and O–H groups in total. The summed E-state index contributed by atoms with van der Waals surface area (Å²) in [6.45, 7) is 3.51. The van der Waals surface area contributed by atoms with Gasteiger partial charge in [-0.1, -0.05) is 32.6 Å². The summed E-state index contributed by atoms with van der Waals surface area (Å²) in [5, 5.41) is 13.5. The minimum Gasteiger partial charge on any atom is -0.392 e. The lowest BCUT2D eigenvalue weighted by atomic mass is 9.82. The molecule has 0 spiro atoms. The molecular formula is C14H27NO. The van der Waals surface area contributed by atoms with E-state index in [0.717, 1.165) is 24.8 Å². The number of nitrogens with one attached hydrogen (secondary N) is 1. The zero-order valence-corrected chi connectivity index (χ0v) is 10.6. The summed E-state index contributed by atoms with van der Waals surface area (Å²) in [5.74, 6) is 1.77. The van der Waals surface area contributed by atoms with Crippen molar-refractivity contribution in [2.45, 2.75) is 70.4 Å². The molecule has 0 aromatic rings. The molecule has 0 bridgehead atoms. The molecule has 4 atom stereocenters. The lowest BCUT2D eigenvalue weighted by Gasteiger charge is -2.32. The predicted molar refractivity (Wildman–Crippen MR) is 67.4 cm³/mol. The normalized spacial score (nSPS) is 40.9. The molecule has 2 aliphatic rings. The zero-order chi connectivity index (χ0) is 11.4. The summed E-state index contributed by atoms with van der Waals surface area (Å²) in [6, 6.07) is 0.381. The van der Waals surface area contributed by atoms with Crippen LogP contribution in [0.4, 0.5) is 0 Å². The summed E-state index contributed by atoms with van der Waals surface area (Å²) >= 11 is 0. The Balaban J connectivity index is 1.69. The van der Waals surface area contributed by atoms with Crippen LogP contribution in [0.2, 0.25) is 0 Å². The molecule has 0 aromatic carbocycles. The van der Waals surface area contributed by atoms with Crippen molar-refractivity contribution in [3.8, 4) is 0 Å². The van der Waals surface area contributed by atoms with Crippen molar-refractivity contribution < 1.29 is 5.11 Å². The van der Waals surface area contributed by atoms with E-state index in [1.54, 1.807) is 0 Å². The Labute approximate surface area is 99.8 Å². The molecule has 2 rings (SSSR count). The summed E-state index contributed by atoms with van der Waals surface area (Å²) in [5.41, 5.74) is 0. The lowest BCUT2D eigenvalue weighted by molar-refractivity contribution is 0.0867. The van der Waals surface area contributed by atoms with Crippen LogP contribution in [-0.2, 0) is 0 Å². The summed E-state index contributed by atoms with van der Waals surface area (Å²) in [6.07, 6.45) is 10.2. The molecule has 0 radical (unpaired) electrons. The first-order chi connectivity index (χ1) is 7.75. The second-order valence-electron chi connectivity index (χ2n) is 6.00. The van der Waals surface area contributed by atoms with Gasteiger partial charge in [-0.2, -0.15) is 0 Å². The van der Waals surface area contributed by atoms with Crippen molar-refractivity contribution in [3.05, 3.63) is 0 Å². The maximum absolute atomic E-state index is 9.89. The van der Waals surface area contributed by atoms with E-state index < -0.39 is 0 Å². The van der Waals surface area contributed by atoms with Crippen LogP contribution in [0.3, 0.4) is 0 Å². The van der Waals surface area contributed by atoms with Gasteiger partial charge in [0, 0.05) is 6.04 Å². The van der Waals surface area contributed by atoms with Crippen LogP contribution in [0.1, 0.15) is 58.3 Å². The number of aliphatic hydroxyl groups excluding tert-OH is 1. The van der Waals surface area contributed by atoms with E-state index in [1.165, 1.54) is 44.9 Å². The Hall–Kier alpha value is -0.0800. The van der Waals surface area contributed by atoms with Crippen LogP contribution in [0.25, 0.3) is 0 Å². The van der Waals surface area contributed by atoms with E-state index >= 15 is 0 Å². The molecule has 2 fully saturated rings. The van der Waals surface area contributed by atoms with Crippen molar-refractivity contribution in [1.29, 1.82) is 0 Å². The van der Waals surface area contributed by atoms with Gasteiger partial charge in [-0.3, -0.25) is 0 Å². The minimum absolute atomic E-state index is 0.0882. The summed E-state index contributed by atoms with van der Waals surface area (Å²) in [4.78, 5) is 0. The molecule has 0 heterocycles. The third kappa shape index (κ3) is 3.46. The van der Waals surface area contributed by atoms with E-state index in [1.807, 2.05) is 0 Å². The quantitative estimate of drug-likeness (QED) is 0.774. The smallest absolute Gasteiger partial charge is 0.0693 e. The maximum atomic E-state index is 9.89. The van der Waals surface area contributed by atoms with Crippen LogP contribution in [0.15, 0.2) is 0 Å². The van der Waals surface area contributed by atoms with E-state index in [-0.39, 0.29) is 6.10 Å². The van der Waals surface area contributed by atoms with E-state index in [2.05, 4.69) is 12.2 Å². The third-order valence-electron chi connectivity index (χ3n) is 4.44. The average molecular weight is 225 g/mol. The van der Waals surface area contributed by atoms with Crippen LogP contribution < -0.4 is 5.32 Å². The first kappa shape index (κ1) is 12.4. The standard InChI is InChI=1S/C14H27NO/c1-11-5-4-6-12(9-11)10-15-13-7-2-3-8-14(13)16/h11-16H,2-10H2,1H3/t11?,12?,13-,14-/m0/s1. The second-order valence-corrected chi connectivity index (χ2v) is 6.00. The van der Waals surface area contributed by atoms with E-state index in [0.29, 0.717) is 6.04 Å². The minimum atomic E-state index is -0.0882. The highest BCUT2D eigenvalue weighted by molar-refractivity contribution is 4.82. The molecule has 2 heteroatoms. The van der Waals surface area contributed by atoms with Crippen LogP contribution in [0.5, 0.6) is 0 Å². The monoisotopic (exact) mass is 225 g/mol. The summed E-state index contributed by atoms with van der Waals surface area (Å²) < 4.78 is 0. The molecule has 2 unspecified atom stereocenters. The highest BCUT2D eigenvalue weighted by atomic mass is 16.3. The molecule has 0 aliphatic heterocycles. The highest BCUT2D eigenvalue weighted by Crippen LogP contribution is 2.28. The van der Waals surface area contributed by atoms with Gasteiger partial charge in [0.2, 0.25) is 0 Å². The fraction of sp³-hybridized carbons (Fsp3) is 1.00. The van der Waals surface area contributed by atoms with Crippen LogP contribution >= 0.6 is 0 Å². The maximum Gasteiger partial charge on any atom is 0.0693 e. The largest absolute Gasteiger partial charge is 0.392 e. The van der Waals surface area contributed by atoms with Crippen molar-refractivity contribution in [2.24, 2.45) is 11.8 Å². The van der Waals surface area contributed by atoms with E-state index in [9.17, 15) is 5.11 Å². The number of aliphatic hydroxyl groups is 1. The molecule has 0 aromatic heterocycles. The number of hydrogen-bond acceptors (Lipinski definition) is 2. The first-order valence-corrected chi connectivity index (χ1v) is 7.17. The molecule has 2 nitrogen and oxygen atoms in total. The van der Waals surface area contributed by atoms with Gasteiger partial charge in [-0.25, -0.2) is 0 Å². The van der Waals surface area contributed by atoms with Gasteiger partial charge in [-0.15, -0.1) is 0 Å². The van der Waals surface area contributed by atoms with E-state index in [4.69, 9.17) is 0 Å². The molecule has 0 amide bonds. The third-order valence-corrected chi connectivity index (χ3v) is 4.44. The number of rotatable bonds is 3. The SMILES string of the molecule is CC1CCCC(CN[C@H]2CCCC[C@@H]2O)C1. The predicted octanol–water partition coefficient (Wildman–Crippen LogP) is 2.71. The Morgan fingerprint density at radius 2 is 1.88 bits per heavy atom. The van der Waals surface area contributed by atoms with Gasteiger partial charge >= 0.3 is 0 Å². The van der Waals surface area contributed by atoms with Gasteiger partial charge in [-0.05, 0) is 44.1 Å². The average Bonchev–Trinajstić information content (AvgIpc) is 2.28. The molecule has 2 saturated carbocycles. The summed E-state index contributed by atoms with van der Waals surface area (Å²) in [7, 11) is 0. The second kappa shape index (κ2) is 6.02. The molecule has 0 saturated heterocycles. The fourth-order valence-corrected chi connectivity index (χ4v) is 3.41.